The predicted octanol–water partition coefficient (Wildman–Crippen LogP) is 2.35. The third-order valence-electron chi connectivity index (χ3n) is 4.97. The third kappa shape index (κ3) is 3.55. The minimum Gasteiger partial charge on any atom is -0.273 e. The molecule has 28 heavy (non-hydrogen) atoms. The zero-order valence-electron chi connectivity index (χ0n) is 15.6. The Labute approximate surface area is 163 Å². The van der Waals surface area contributed by atoms with Crippen LogP contribution in [0.5, 0.6) is 0 Å². The number of nitrogens with zero attached hydrogens (tertiary/aromatic N) is 3. The number of benzene rings is 2. The molecule has 4 rings (SSSR count). The van der Waals surface area contributed by atoms with Gasteiger partial charge in [0.1, 0.15) is 0 Å². The van der Waals surface area contributed by atoms with E-state index in [0.29, 0.717) is 12.8 Å². The summed E-state index contributed by atoms with van der Waals surface area (Å²) < 4.78 is 26.6. The number of hydrogen-bond acceptors (Lipinski definition) is 5. The number of carbonyl (C=O) groups excluding carboxylic acids is 1. The fraction of sp³-hybridized carbons (Fsp3) is 0.250. The van der Waals surface area contributed by atoms with Gasteiger partial charge >= 0.3 is 0 Å². The lowest BCUT2D eigenvalue weighted by atomic mass is 9.93. The molecule has 0 unspecified atom stereocenters. The number of nitrogens with one attached hydrogen (secondary N) is 1. The Morgan fingerprint density at radius 2 is 1.61 bits per heavy atom. The molecule has 8 heteroatoms. The van der Waals surface area contributed by atoms with Crippen molar-refractivity contribution in [2.75, 3.05) is 6.26 Å². The van der Waals surface area contributed by atoms with Gasteiger partial charge in [0, 0.05) is 0 Å². The molecule has 1 aliphatic rings. The lowest BCUT2D eigenvalue weighted by Gasteiger charge is -2.15. The summed E-state index contributed by atoms with van der Waals surface area (Å²) in [6.07, 6.45) is 4.16. The Kier molecular flexibility index (Phi) is 4.30. The SMILES string of the molecule is Cc1cn(-c2ccc(-c3ccc(C4(C(=O)NS(C)(=O)=O)CC4)cc3)cc2)nn1. The van der Waals surface area contributed by atoms with Crippen molar-refractivity contribution in [1.82, 2.24) is 19.7 Å². The van der Waals surface area contributed by atoms with Gasteiger partial charge in [-0.1, -0.05) is 41.6 Å². The van der Waals surface area contributed by atoms with Crippen LogP contribution in [0.4, 0.5) is 0 Å². The Morgan fingerprint density at radius 3 is 2.07 bits per heavy atom. The third-order valence-corrected chi connectivity index (χ3v) is 5.53. The van der Waals surface area contributed by atoms with Gasteiger partial charge in [-0.15, -0.1) is 5.10 Å². The highest BCUT2D eigenvalue weighted by atomic mass is 32.2. The largest absolute Gasteiger partial charge is 0.273 e. The molecule has 2 aromatic carbocycles. The summed E-state index contributed by atoms with van der Waals surface area (Å²) in [4.78, 5) is 12.4. The van der Waals surface area contributed by atoms with Crippen LogP contribution in [-0.4, -0.2) is 35.6 Å². The van der Waals surface area contributed by atoms with Crippen molar-refractivity contribution in [2.45, 2.75) is 25.2 Å². The summed E-state index contributed by atoms with van der Waals surface area (Å²) in [5.41, 5.74) is 3.95. The van der Waals surface area contributed by atoms with Crippen molar-refractivity contribution in [1.29, 1.82) is 0 Å². The van der Waals surface area contributed by atoms with Crippen molar-refractivity contribution in [2.24, 2.45) is 0 Å². The molecule has 3 aromatic rings. The summed E-state index contributed by atoms with van der Waals surface area (Å²) in [6.45, 7) is 1.89. The molecule has 0 atom stereocenters. The minimum absolute atomic E-state index is 0.449. The molecular formula is C20H20N4O3S. The van der Waals surface area contributed by atoms with E-state index in [1.807, 2.05) is 61.7 Å². The molecule has 7 nitrogen and oxygen atoms in total. The van der Waals surface area contributed by atoms with Crippen LogP contribution in [0.1, 0.15) is 24.1 Å². The van der Waals surface area contributed by atoms with E-state index in [9.17, 15) is 13.2 Å². The molecule has 0 radical (unpaired) electrons. The van der Waals surface area contributed by atoms with E-state index in [0.717, 1.165) is 34.3 Å². The van der Waals surface area contributed by atoms with Gasteiger partial charge in [0.2, 0.25) is 15.9 Å². The van der Waals surface area contributed by atoms with Gasteiger partial charge in [-0.3, -0.25) is 9.52 Å². The molecule has 0 spiro atoms. The van der Waals surface area contributed by atoms with Crippen LogP contribution >= 0.6 is 0 Å². The van der Waals surface area contributed by atoms with Crippen LogP contribution in [0.15, 0.2) is 54.7 Å². The maximum atomic E-state index is 12.4. The highest BCUT2D eigenvalue weighted by molar-refractivity contribution is 7.89. The molecular weight excluding hydrogens is 376 g/mol. The molecule has 1 aliphatic carbocycles. The van der Waals surface area contributed by atoms with Gasteiger partial charge in [-0.25, -0.2) is 13.1 Å². The highest BCUT2D eigenvalue weighted by Crippen LogP contribution is 2.48. The van der Waals surface area contributed by atoms with Crippen LogP contribution in [0, 0.1) is 6.92 Å². The maximum Gasteiger partial charge on any atom is 0.244 e. The summed E-state index contributed by atoms with van der Waals surface area (Å²) in [6, 6.07) is 15.7. The van der Waals surface area contributed by atoms with Crippen LogP contribution in [0.25, 0.3) is 16.8 Å². The number of carbonyl (C=O) groups is 1. The van der Waals surface area contributed by atoms with E-state index in [2.05, 4.69) is 15.0 Å². The zero-order valence-corrected chi connectivity index (χ0v) is 16.4. The van der Waals surface area contributed by atoms with Crippen LogP contribution in [0.3, 0.4) is 0 Å². The second kappa shape index (κ2) is 6.56. The molecule has 0 aliphatic heterocycles. The first kappa shape index (κ1) is 18.4. The number of aromatic nitrogens is 3. The number of hydrogen-bond donors (Lipinski definition) is 1. The Morgan fingerprint density at radius 1 is 1.04 bits per heavy atom. The topological polar surface area (TPSA) is 94.0 Å². The standard InChI is InChI=1S/C20H20N4O3S/c1-14-13-24(23-21-14)18-9-5-16(6-10-18)15-3-7-17(8-4-15)20(11-12-20)19(25)22-28(2,26)27/h3-10,13H,11-12H2,1-2H3,(H,22,25). The average molecular weight is 396 g/mol. The van der Waals surface area contributed by atoms with Gasteiger partial charge < -0.3 is 0 Å². The molecule has 0 saturated heterocycles. The predicted molar refractivity (Wildman–Crippen MR) is 105 cm³/mol. The monoisotopic (exact) mass is 396 g/mol. The Hall–Kier alpha value is -3.00. The molecule has 1 N–H and O–H groups in total. The lowest BCUT2D eigenvalue weighted by molar-refractivity contribution is -0.121. The van der Waals surface area contributed by atoms with Crippen molar-refractivity contribution in [3.05, 3.63) is 66.0 Å². The fourth-order valence-corrected chi connectivity index (χ4v) is 3.83. The van der Waals surface area contributed by atoms with Crippen molar-refractivity contribution >= 4 is 15.9 Å². The van der Waals surface area contributed by atoms with Gasteiger partial charge in [0.05, 0.1) is 29.2 Å². The van der Waals surface area contributed by atoms with Gasteiger partial charge in [-0.2, -0.15) is 0 Å². The molecule has 0 bridgehead atoms. The summed E-state index contributed by atoms with van der Waals surface area (Å²) in [7, 11) is -3.56. The lowest BCUT2D eigenvalue weighted by Crippen LogP contribution is -2.38. The van der Waals surface area contributed by atoms with E-state index in [1.54, 1.807) is 4.68 Å². The first-order valence-electron chi connectivity index (χ1n) is 8.89. The van der Waals surface area contributed by atoms with E-state index in [4.69, 9.17) is 0 Å². The fourth-order valence-electron chi connectivity index (χ4n) is 3.30. The second-order valence-electron chi connectivity index (χ2n) is 7.21. The number of sulfonamides is 1. The van der Waals surface area contributed by atoms with Gasteiger partial charge in [0.15, 0.2) is 0 Å². The van der Waals surface area contributed by atoms with Crippen LogP contribution < -0.4 is 4.72 Å². The Balaban J connectivity index is 1.54. The number of rotatable bonds is 5. The van der Waals surface area contributed by atoms with Crippen molar-refractivity contribution < 1.29 is 13.2 Å². The van der Waals surface area contributed by atoms with E-state index >= 15 is 0 Å². The normalized spacial score (nSPS) is 15.2. The van der Waals surface area contributed by atoms with E-state index in [-0.39, 0.29) is 0 Å². The van der Waals surface area contributed by atoms with Gasteiger partial charge in [-0.05, 0) is 48.6 Å². The molecule has 1 heterocycles. The molecule has 1 amide bonds. The molecule has 1 saturated carbocycles. The average Bonchev–Trinajstić information content (AvgIpc) is 3.36. The maximum absolute atomic E-state index is 12.4. The molecule has 1 fully saturated rings. The van der Waals surface area contributed by atoms with Gasteiger partial charge in [0.25, 0.3) is 0 Å². The van der Waals surface area contributed by atoms with Crippen LogP contribution in [0.2, 0.25) is 0 Å². The first-order valence-corrected chi connectivity index (χ1v) is 10.8. The van der Waals surface area contributed by atoms with E-state index < -0.39 is 21.3 Å². The number of amides is 1. The van der Waals surface area contributed by atoms with Crippen molar-refractivity contribution in [3.63, 3.8) is 0 Å². The number of aryl methyl sites for hydroxylation is 1. The van der Waals surface area contributed by atoms with Crippen LogP contribution in [-0.2, 0) is 20.2 Å². The smallest absolute Gasteiger partial charge is 0.244 e. The second-order valence-corrected chi connectivity index (χ2v) is 8.96. The Bertz CT molecular complexity index is 1130. The quantitative estimate of drug-likeness (QED) is 0.714. The summed E-state index contributed by atoms with van der Waals surface area (Å²) >= 11 is 0. The first-order chi connectivity index (χ1) is 13.3. The zero-order chi connectivity index (χ0) is 19.9. The van der Waals surface area contributed by atoms with E-state index in [1.165, 1.54) is 0 Å². The summed E-state index contributed by atoms with van der Waals surface area (Å²) in [5, 5.41) is 8.05. The molecule has 1 aromatic heterocycles. The molecule has 144 valence electrons. The van der Waals surface area contributed by atoms with Crippen molar-refractivity contribution in [3.8, 4) is 16.8 Å². The minimum atomic E-state index is -3.56. The highest BCUT2D eigenvalue weighted by Gasteiger charge is 2.51. The summed E-state index contributed by atoms with van der Waals surface area (Å²) in [5.74, 6) is -0.449.